The summed E-state index contributed by atoms with van der Waals surface area (Å²) in [6.45, 7) is 2.20. The number of benzene rings is 2. The maximum absolute atomic E-state index is 11.2. The van der Waals surface area contributed by atoms with Gasteiger partial charge in [0, 0.05) is 48.7 Å². The van der Waals surface area contributed by atoms with Crippen LogP contribution in [0.25, 0.3) is 0 Å². The molecular formula is C21H18Cl3N3O2. The average molecular weight is 451 g/mol. The standard InChI is InChI=1S/C21H18Cl3N3O2/c22-17-7-5-16(27(28)29)11-15(17)13-26-10-2-9-25-8-1-3-20(25)21(26)14-4-6-18(23)19(24)12-14/h1,3-8,11-12,21H,2,9-10,13H2/t21-/m0/s1. The Kier molecular flexibility index (Phi) is 5.83. The topological polar surface area (TPSA) is 51.3 Å². The fourth-order valence-corrected chi connectivity index (χ4v) is 4.37. The minimum atomic E-state index is -0.399. The number of fused-ring (bicyclic) bond motifs is 1. The molecule has 0 radical (unpaired) electrons. The highest BCUT2D eigenvalue weighted by molar-refractivity contribution is 6.42. The lowest BCUT2D eigenvalue weighted by atomic mass is 10.0. The number of nitro groups is 1. The van der Waals surface area contributed by atoms with Gasteiger partial charge in [-0.1, -0.05) is 40.9 Å². The van der Waals surface area contributed by atoms with Gasteiger partial charge in [-0.2, -0.15) is 0 Å². The van der Waals surface area contributed by atoms with Crippen LogP contribution in [0, 0.1) is 10.1 Å². The molecule has 4 rings (SSSR count). The van der Waals surface area contributed by atoms with Crippen molar-refractivity contribution >= 4 is 40.5 Å². The largest absolute Gasteiger partial charge is 0.350 e. The maximum Gasteiger partial charge on any atom is 0.269 e. The zero-order valence-corrected chi connectivity index (χ0v) is 17.7. The minimum absolute atomic E-state index is 0.0358. The first kappa shape index (κ1) is 20.2. The van der Waals surface area contributed by atoms with Gasteiger partial charge in [0.15, 0.2) is 0 Å². The zero-order valence-electron chi connectivity index (χ0n) is 15.4. The molecule has 0 unspecified atom stereocenters. The van der Waals surface area contributed by atoms with Crippen molar-refractivity contribution in [3.8, 4) is 0 Å². The third-order valence-corrected chi connectivity index (χ3v) is 6.33. The summed E-state index contributed by atoms with van der Waals surface area (Å²) in [4.78, 5) is 13.1. The highest BCUT2D eigenvalue weighted by atomic mass is 35.5. The molecular weight excluding hydrogens is 433 g/mol. The second-order valence-corrected chi connectivity index (χ2v) is 8.28. The fourth-order valence-electron chi connectivity index (χ4n) is 3.89. The molecule has 29 heavy (non-hydrogen) atoms. The van der Waals surface area contributed by atoms with Crippen molar-refractivity contribution in [1.82, 2.24) is 9.47 Å². The van der Waals surface area contributed by atoms with E-state index in [2.05, 4.69) is 21.7 Å². The van der Waals surface area contributed by atoms with Crippen molar-refractivity contribution in [1.29, 1.82) is 0 Å². The molecule has 0 amide bonds. The Labute approximate surface area is 183 Å². The summed E-state index contributed by atoms with van der Waals surface area (Å²) in [5, 5.41) is 12.7. The average Bonchev–Trinajstić information content (AvgIpc) is 3.07. The van der Waals surface area contributed by atoms with E-state index in [0.29, 0.717) is 21.6 Å². The van der Waals surface area contributed by atoms with Gasteiger partial charge in [0.25, 0.3) is 5.69 Å². The van der Waals surface area contributed by atoms with Crippen molar-refractivity contribution in [2.75, 3.05) is 6.54 Å². The van der Waals surface area contributed by atoms with Gasteiger partial charge in [-0.25, -0.2) is 0 Å². The van der Waals surface area contributed by atoms with Gasteiger partial charge in [-0.3, -0.25) is 15.0 Å². The Balaban J connectivity index is 1.77. The smallest absolute Gasteiger partial charge is 0.269 e. The van der Waals surface area contributed by atoms with Gasteiger partial charge in [0.2, 0.25) is 0 Å². The molecule has 1 atom stereocenters. The second-order valence-electron chi connectivity index (χ2n) is 7.06. The summed E-state index contributed by atoms with van der Waals surface area (Å²) in [6, 6.07) is 14.3. The number of aromatic nitrogens is 1. The summed E-state index contributed by atoms with van der Waals surface area (Å²) in [5.74, 6) is 0. The molecule has 0 saturated heterocycles. The second kappa shape index (κ2) is 8.36. The molecule has 5 nitrogen and oxygen atoms in total. The van der Waals surface area contributed by atoms with Crippen LogP contribution >= 0.6 is 34.8 Å². The van der Waals surface area contributed by atoms with Crippen LogP contribution in [0.1, 0.15) is 29.3 Å². The summed E-state index contributed by atoms with van der Waals surface area (Å²) in [6.07, 6.45) is 3.02. The summed E-state index contributed by atoms with van der Waals surface area (Å²) >= 11 is 18.8. The normalized spacial score (nSPS) is 17.0. The van der Waals surface area contributed by atoms with Crippen molar-refractivity contribution < 1.29 is 4.92 Å². The predicted octanol–water partition coefficient (Wildman–Crippen LogP) is 6.35. The highest BCUT2D eigenvalue weighted by Crippen LogP contribution is 2.36. The number of hydrogen-bond donors (Lipinski definition) is 0. The van der Waals surface area contributed by atoms with Crippen LogP contribution < -0.4 is 0 Å². The van der Waals surface area contributed by atoms with E-state index in [0.717, 1.165) is 36.3 Å². The van der Waals surface area contributed by atoms with Crippen molar-refractivity contribution in [3.05, 3.63) is 96.7 Å². The number of non-ortho nitro benzene ring substituents is 1. The number of aryl methyl sites for hydroxylation is 1. The first-order valence-corrected chi connectivity index (χ1v) is 10.3. The Morgan fingerprint density at radius 3 is 2.55 bits per heavy atom. The van der Waals surface area contributed by atoms with E-state index in [-0.39, 0.29) is 11.7 Å². The Bertz CT molecular complexity index is 1070. The number of nitro benzene ring substituents is 1. The Morgan fingerprint density at radius 2 is 1.79 bits per heavy atom. The fraction of sp³-hybridized carbons (Fsp3) is 0.238. The van der Waals surface area contributed by atoms with Crippen LogP contribution in [0.3, 0.4) is 0 Å². The van der Waals surface area contributed by atoms with Gasteiger partial charge >= 0.3 is 0 Å². The van der Waals surface area contributed by atoms with E-state index >= 15 is 0 Å². The molecule has 0 bridgehead atoms. The van der Waals surface area contributed by atoms with Crippen LogP contribution in [0.4, 0.5) is 5.69 Å². The van der Waals surface area contributed by atoms with E-state index in [1.165, 1.54) is 6.07 Å². The van der Waals surface area contributed by atoms with Gasteiger partial charge in [-0.15, -0.1) is 0 Å². The summed E-state index contributed by atoms with van der Waals surface area (Å²) in [7, 11) is 0. The van der Waals surface area contributed by atoms with E-state index in [9.17, 15) is 10.1 Å². The number of rotatable bonds is 4. The summed E-state index contributed by atoms with van der Waals surface area (Å²) in [5.41, 5.74) is 2.92. The third kappa shape index (κ3) is 4.14. The Morgan fingerprint density at radius 1 is 1.00 bits per heavy atom. The third-order valence-electron chi connectivity index (χ3n) is 5.23. The summed E-state index contributed by atoms with van der Waals surface area (Å²) < 4.78 is 2.24. The molecule has 1 aliphatic rings. The lowest BCUT2D eigenvalue weighted by Gasteiger charge is -2.31. The molecule has 2 heterocycles. The molecule has 150 valence electrons. The van der Waals surface area contributed by atoms with E-state index in [1.807, 2.05) is 18.2 Å². The SMILES string of the molecule is O=[N+]([O-])c1ccc(Cl)c(CN2CCCn3cccc3[C@@H]2c2ccc(Cl)c(Cl)c2)c1. The molecule has 2 aromatic carbocycles. The van der Waals surface area contributed by atoms with Gasteiger partial charge in [0.1, 0.15) is 0 Å². The quantitative estimate of drug-likeness (QED) is 0.344. The minimum Gasteiger partial charge on any atom is -0.350 e. The van der Waals surface area contributed by atoms with Gasteiger partial charge in [0.05, 0.1) is 21.0 Å². The molecule has 0 saturated carbocycles. The molecule has 0 aliphatic carbocycles. The zero-order chi connectivity index (χ0) is 20.5. The van der Waals surface area contributed by atoms with Crippen molar-refractivity contribution in [2.45, 2.75) is 25.6 Å². The lowest BCUT2D eigenvalue weighted by Crippen LogP contribution is -2.29. The van der Waals surface area contributed by atoms with E-state index in [1.54, 1.807) is 18.2 Å². The molecule has 1 aliphatic heterocycles. The van der Waals surface area contributed by atoms with Crippen molar-refractivity contribution in [2.24, 2.45) is 0 Å². The molecule has 0 spiro atoms. The number of hydrogen-bond acceptors (Lipinski definition) is 3. The molecule has 3 aromatic rings. The highest BCUT2D eigenvalue weighted by Gasteiger charge is 2.28. The molecule has 0 fully saturated rings. The monoisotopic (exact) mass is 449 g/mol. The first-order valence-electron chi connectivity index (χ1n) is 9.21. The first-order chi connectivity index (χ1) is 13.9. The molecule has 8 heteroatoms. The molecule has 1 aromatic heterocycles. The van der Waals surface area contributed by atoms with Gasteiger partial charge < -0.3 is 4.57 Å². The van der Waals surface area contributed by atoms with Crippen LogP contribution in [0.5, 0.6) is 0 Å². The van der Waals surface area contributed by atoms with Gasteiger partial charge in [-0.05, 0) is 47.9 Å². The van der Waals surface area contributed by atoms with Crippen LogP contribution in [0.15, 0.2) is 54.7 Å². The predicted molar refractivity (Wildman–Crippen MR) is 116 cm³/mol. The van der Waals surface area contributed by atoms with Crippen LogP contribution in [-0.2, 0) is 13.1 Å². The maximum atomic E-state index is 11.2. The van der Waals surface area contributed by atoms with Crippen LogP contribution in [0.2, 0.25) is 15.1 Å². The number of halogens is 3. The lowest BCUT2D eigenvalue weighted by molar-refractivity contribution is -0.384. The van der Waals surface area contributed by atoms with E-state index in [4.69, 9.17) is 34.8 Å². The molecule has 0 N–H and O–H groups in total. The number of nitrogens with zero attached hydrogens (tertiary/aromatic N) is 3. The van der Waals surface area contributed by atoms with Crippen molar-refractivity contribution in [3.63, 3.8) is 0 Å². The Hall–Kier alpha value is -2.05. The van der Waals surface area contributed by atoms with E-state index < -0.39 is 4.92 Å². The van der Waals surface area contributed by atoms with Crippen LogP contribution in [-0.4, -0.2) is 20.9 Å².